The van der Waals surface area contributed by atoms with Crippen molar-refractivity contribution in [1.29, 1.82) is 0 Å². The second-order valence-corrected chi connectivity index (χ2v) is 6.72. The van der Waals surface area contributed by atoms with Crippen molar-refractivity contribution in [3.8, 4) is 0 Å². The Bertz CT molecular complexity index is 817. The molecule has 1 heterocycles. The third-order valence-electron chi connectivity index (χ3n) is 3.83. The highest BCUT2D eigenvalue weighted by atomic mass is 32.1. The lowest BCUT2D eigenvalue weighted by Crippen LogP contribution is -2.07. The van der Waals surface area contributed by atoms with Crippen molar-refractivity contribution in [1.82, 2.24) is 4.98 Å². The van der Waals surface area contributed by atoms with E-state index in [0.29, 0.717) is 10.6 Å². The molecule has 3 rings (SSSR count). The molecule has 0 atom stereocenters. The molecule has 0 fully saturated rings. The minimum atomic E-state index is -0.496. The van der Waals surface area contributed by atoms with Crippen molar-refractivity contribution in [2.24, 2.45) is 0 Å². The summed E-state index contributed by atoms with van der Waals surface area (Å²) >= 11 is 1.28. The number of rotatable bonds is 4. The van der Waals surface area contributed by atoms with E-state index in [1.807, 2.05) is 44.2 Å². The van der Waals surface area contributed by atoms with E-state index < -0.39 is 5.97 Å². The van der Waals surface area contributed by atoms with E-state index in [9.17, 15) is 9.59 Å². The molecule has 0 saturated carbocycles. The van der Waals surface area contributed by atoms with Crippen LogP contribution < -0.4 is 0 Å². The van der Waals surface area contributed by atoms with Crippen LogP contribution in [0.15, 0.2) is 30.3 Å². The van der Waals surface area contributed by atoms with Crippen LogP contribution in [-0.2, 0) is 11.2 Å². The zero-order valence-electron chi connectivity index (χ0n) is 13.3. The minimum Gasteiger partial charge on any atom is -0.464 e. The summed E-state index contributed by atoms with van der Waals surface area (Å²) in [5, 5.41) is 0.344. The van der Waals surface area contributed by atoms with Gasteiger partial charge in [-0.1, -0.05) is 44.2 Å². The van der Waals surface area contributed by atoms with Crippen LogP contribution in [0, 0.1) is 0 Å². The number of allylic oxidation sites excluding steroid dienone is 2. The topological polar surface area (TPSA) is 56.3 Å². The normalized spacial score (nSPS) is 13.0. The van der Waals surface area contributed by atoms with Gasteiger partial charge in [0.2, 0.25) is 5.78 Å². The Hall–Kier alpha value is -2.27. The average Bonchev–Trinajstić information content (AvgIpc) is 3.18. The van der Waals surface area contributed by atoms with Gasteiger partial charge in [-0.05, 0) is 23.5 Å². The van der Waals surface area contributed by atoms with E-state index in [1.165, 1.54) is 18.4 Å². The number of methoxy groups -OCH3 is 1. The van der Waals surface area contributed by atoms with E-state index in [2.05, 4.69) is 4.98 Å². The van der Waals surface area contributed by atoms with Gasteiger partial charge in [0.1, 0.15) is 0 Å². The second kappa shape index (κ2) is 6.08. The molecule has 0 spiro atoms. The minimum absolute atomic E-state index is 0.105. The number of ketones is 1. The predicted octanol–water partition coefficient (Wildman–Crippen LogP) is 3.88. The maximum atomic E-state index is 12.8. The van der Waals surface area contributed by atoms with Gasteiger partial charge in [0.05, 0.1) is 7.11 Å². The Labute approximate surface area is 138 Å². The van der Waals surface area contributed by atoms with Crippen molar-refractivity contribution in [2.75, 3.05) is 7.11 Å². The summed E-state index contributed by atoms with van der Waals surface area (Å²) < 4.78 is 4.78. The fourth-order valence-corrected chi connectivity index (χ4v) is 3.69. The van der Waals surface area contributed by atoms with Gasteiger partial charge in [0.15, 0.2) is 10.7 Å². The summed E-state index contributed by atoms with van der Waals surface area (Å²) in [6.07, 6.45) is 2.69. The fourth-order valence-electron chi connectivity index (χ4n) is 2.68. The monoisotopic (exact) mass is 327 g/mol. The number of benzene rings is 1. The van der Waals surface area contributed by atoms with E-state index in [-0.39, 0.29) is 17.4 Å². The van der Waals surface area contributed by atoms with Gasteiger partial charge in [-0.25, -0.2) is 9.78 Å². The van der Waals surface area contributed by atoms with Crippen LogP contribution in [0.25, 0.3) is 5.57 Å². The number of nitrogens with zero attached hydrogens (tertiary/aromatic N) is 1. The molecule has 0 saturated heterocycles. The summed E-state index contributed by atoms with van der Waals surface area (Å²) in [5.74, 6) is -0.519. The number of hydrogen-bond donors (Lipinski definition) is 0. The average molecular weight is 327 g/mol. The highest BCUT2D eigenvalue weighted by molar-refractivity contribution is 7.14. The van der Waals surface area contributed by atoms with E-state index in [1.54, 1.807) is 0 Å². The molecule has 1 aliphatic carbocycles. The van der Waals surface area contributed by atoms with E-state index in [0.717, 1.165) is 22.4 Å². The van der Waals surface area contributed by atoms with Crippen LogP contribution in [-0.4, -0.2) is 23.8 Å². The summed E-state index contributed by atoms with van der Waals surface area (Å²) in [6.45, 7) is 3.94. The van der Waals surface area contributed by atoms with Gasteiger partial charge in [-0.2, -0.15) is 0 Å². The lowest BCUT2D eigenvalue weighted by Gasteiger charge is -2.02. The lowest BCUT2D eigenvalue weighted by atomic mass is 10.0. The Morgan fingerprint density at radius 3 is 2.70 bits per heavy atom. The summed E-state index contributed by atoms with van der Waals surface area (Å²) in [6, 6.07) is 7.86. The highest BCUT2D eigenvalue weighted by Crippen LogP contribution is 2.33. The van der Waals surface area contributed by atoms with Gasteiger partial charge < -0.3 is 4.74 Å². The zero-order chi connectivity index (χ0) is 16.6. The Morgan fingerprint density at radius 2 is 2.00 bits per heavy atom. The molecule has 2 aromatic rings. The highest BCUT2D eigenvalue weighted by Gasteiger charge is 2.27. The fraction of sp³-hybridized carbons (Fsp3) is 0.278. The molecule has 1 aromatic heterocycles. The Morgan fingerprint density at radius 1 is 1.26 bits per heavy atom. The summed E-state index contributed by atoms with van der Waals surface area (Å²) in [4.78, 5) is 29.8. The summed E-state index contributed by atoms with van der Waals surface area (Å²) in [5.41, 5.74) is 3.02. The van der Waals surface area contributed by atoms with Gasteiger partial charge in [-0.15, -0.1) is 11.3 Å². The number of Topliss-reactive ketones (excluding diaryl/α,β-unsaturated/α-hetero) is 1. The van der Waals surface area contributed by atoms with Crippen LogP contribution in [0.4, 0.5) is 0 Å². The van der Waals surface area contributed by atoms with Crippen molar-refractivity contribution in [3.63, 3.8) is 0 Å². The van der Waals surface area contributed by atoms with Crippen LogP contribution in [0.5, 0.6) is 0 Å². The lowest BCUT2D eigenvalue weighted by molar-refractivity contribution is 0.0593. The first kappa shape index (κ1) is 15.6. The molecule has 0 bridgehead atoms. The van der Waals surface area contributed by atoms with E-state index >= 15 is 0 Å². The van der Waals surface area contributed by atoms with Crippen LogP contribution in [0.1, 0.15) is 56.1 Å². The molecule has 5 heteroatoms. The third kappa shape index (κ3) is 2.72. The SMILES string of the molecule is COC(=O)c1nc(C(=O)C2=CCc3ccccc32)sc1C(C)C. The maximum absolute atomic E-state index is 12.8. The molecule has 4 nitrogen and oxygen atoms in total. The third-order valence-corrected chi connectivity index (χ3v) is 5.18. The smallest absolute Gasteiger partial charge is 0.357 e. The number of thiazole rings is 1. The standard InChI is InChI=1S/C18H17NO3S/c1-10(2)16-14(18(21)22-3)19-17(23-16)15(20)13-9-8-11-6-4-5-7-12(11)13/h4-7,9-10H,8H2,1-3H3. The molecule has 0 aliphatic heterocycles. The molecular weight excluding hydrogens is 310 g/mol. The van der Waals surface area contributed by atoms with Gasteiger partial charge >= 0.3 is 5.97 Å². The number of carbonyl (C=O) groups excluding carboxylic acids is 2. The quantitative estimate of drug-likeness (QED) is 0.632. The second-order valence-electron chi connectivity index (χ2n) is 5.69. The molecule has 1 aliphatic rings. The molecule has 0 radical (unpaired) electrons. The maximum Gasteiger partial charge on any atom is 0.357 e. The van der Waals surface area contributed by atoms with E-state index in [4.69, 9.17) is 4.74 Å². The number of ether oxygens (including phenoxy) is 1. The van der Waals surface area contributed by atoms with Gasteiger partial charge in [0.25, 0.3) is 0 Å². The van der Waals surface area contributed by atoms with Gasteiger partial charge in [-0.3, -0.25) is 4.79 Å². The first-order valence-corrected chi connectivity index (χ1v) is 8.26. The summed E-state index contributed by atoms with van der Waals surface area (Å²) in [7, 11) is 1.32. The van der Waals surface area contributed by atoms with Crippen molar-refractivity contribution >= 4 is 28.7 Å². The molecule has 118 valence electrons. The van der Waals surface area contributed by atoms with Crippen molar-refractivity contribution < 1.29 is 14.3 Å². The molecule has 23 heavy (non-hydrogen) atoms. The Kier molecular flexibility index (Phi) is 4.13. The van der Waals surface area contributed by atoms with Crippen LogP contribution in [0.2, 0.25) is 0 Å². The first-order valence-electron chi connectivity index (χ1n) is 7.45. The molecule has 1 aromatic carbocycles. The van der Waals surface area contributed by atoms with Crippen molar-refractivity contribution in [2.45, 2.75) is 26.2 Å². The molecule has 0 amide bonds. The number of esters is 1. The first-order chi connectivity index (χ1) is 11.0. The van der Waals surface area contributed by atoms with Crippen LogP contribution in [0.3, 0.4) is 0 Å². The molecule has 0 unspecified atom stereocenters. The molecule has 0 N–H and O–H groups in total. The number of fused-ring (bicyclic) bond motifs is 1. The largest absolute Gasteiger partial charge is 0.464 e. The number of hydrogen-bond acceptors (Lipinski definition) is 5. The number of carbonyl (C=O) groups is 2. The zero-order valence-corrected chi connectivity index (χ0v) is 14.1. The van der Waals surface area contributed by atoms with Gasteiger partial charge in [0, 0.05) is 10.5 Å². The Balaban J connectivity index is 2.00. The van der Waals surface area contributed by atoms with Crippen LogP contribution >= 0.6 is 11.3 Å². The predicted molar refractivity (Wildman–Crippen MR) is 90.0 cm³/mol. The molecular formula is C18H17NO3S. The van der Waals surface area contributed by atoms with Crippen molar-refractivity contribution in [3.05, 3.63) is 57.0 Å². The number of aromatic nitrogens is 1.